The quantitative estimate of drug-likeness (QED) is 0.561. The first-order valence-electron chi connectivity index (χ1n) is 6.84. The predicted molar refractivity (Wildman–Crippen MR) is 86.0 cm³/mol. The Morgan fingerprint density at radius 1 is 1.42 bits per heavy atom. The fraction of sp³-hybridized carbons (Fsp3) is 0.500. The standard InChI is InChI=1S/C16H24BrNO/c1-5-8-18-10-13(4)11-19-16-7-6-14(17)9-15(16)12(2)3/h6-7,9,12,18H,4-5,8,10-11H2,1-3H3. The van der Waals surface area contributed by atoms with Gasteiger partial charge in [-0.1, -0.05) is 43.3 Å². The zero-order chi connectivity index (χ0) is 14.3. The highest BCUT2D eigenvalue weighted by Gasteiger charge is 2.08. The summed E-state index contributed by atoms with van der Waals surface area (Å²) < 4.78 is 6.98. The second kappa shape index (κ2) is 8.39. The summed E-state index contributed by atoms with van der Waals surface area (Å²) in [5.74, 6) is 1.40. The van der Waals surface area contributed by atoms with Crippen molar-refractivity contribution >= 4 is 15.9 Å². The summed E-state index contributed by atoms with van der Waals surface area (Å²) >= 11 is 3.50. The Morgan fingerprint density at radius 2 is 2.16 bits per heavy atom. The molecule has 0 bridgehead atoms. The van der Waals surface area contributed by atoms with Crippen LogP contribution in [0, 0.1) is 0 Å². The summed E-state index contributed by atoms with van der Waals surface area (Å²) in [4.78, 5) is 0. The van der Waals surface area contributed by atoms with Crippen molar-refractivity contribution in [3.05, 3.63) is 40.4 Å². The molecule has 0 aliphatic rings. The Morgan fingerprint density at radius 3 is 2.79 bits per heavy atom. The van der Waals surface area contributed by atoms with Gasteiger partial charge in [0.2, 0.25) is 0 Å². The second-order valence-corrected chi connectivity index (χ2v) is 5.97. The van der Waals surface area contributed by atoms with Gasteiger partial charge in [0.25, 0.3) is 0 Å². The predicted octanol–water partition coefficient (Wildman–Crippen LogP) is 4.51. The summed E-state index contributed by atoms with van der Waals surface area (Å²) in [5.41, 5.74) is 2.30. The number of rotatable bonds is 8. The molecule has 106 valence electrons. The van der Waals surface area contributed by atoms with Crippen LogP contribution < -0.4 is 10.1 Å². The van der Waals surface area contributed by atoms with E-state index < -0.39 is 0 Å². The third-order valence-corrected chi connectivity index (χ3v) is 3.32. The lowest BCUT2D eigenvalue weighted by molar-refractivity contribution is 0.343. The first-order chi connectivity index (χ1) is 9.04. The maximum Gasteiger partial charge on any atom is 0.123 e. The van der Waals surface area contributed by atoms with E-state index in [0.717, 1.165) is 35.3 Å². The van der Waals surface area contributed by atoms with Crippen LogP contribution >= 0.6 is 15.9 Å². The maximum absolute atomic E-state index is 5.89. The van der Waals surface area contributed by atoms with Gasteiger partial charge in [-0.3, -0.25) is 0 Å². The van der Waals surface area contributed by atoms with Crippen molar-refractivity contribution in [2.75, 3.05) is 19.7 Å². The SMILES string of the molecule is C=C(CNCCC)COc1ccc(Br)cc1C(C)C. The molecular weight excluding hydrogens is 302 g/mol. The molecule has 1 aromatic carbocycles. The molecule has 1 rings (SSSR count). The summed E-state index contributed by atoms with van der Waals surface area (Å²) in [7, 11) is 0. The van der Waals surface area contributed by atoms with Crippen LogP contribution in [0.15, 0.2) is 34.8 Å². The van der Waals surface area contributed by atoms with Crippen LogP contribution in [0.3, 0.4) is 0 Å². The van der Waals surface area contributed by atoms with Gasteiger partial charge in [-0.05, 0) is 48.2 Å². The van der Waals surface area contributed by atoms with E-state index in [1.165, 1.54) is 5.56 Å². The number of hydrogen-bond donors (Lipinski definition) is 1. The van der Waals surface area contributed by atoms with E-state index in [9.17, 15) is 0 Å². The Labute approximate surface area is 125 Å². The molecule has 0 aromatic heterocycles. The molecule has 2 nitrogen and oxygen atoms in total. The highest BCUT2D eigenvalue weighted by molar-refractivity contribution is 9.10. The monoisotopic (exact) mass is 325 g/mol. The van der Waals surface area contributed by atoms with Gasteiger partial charge in [0.15, 0.2) is 0 Å². The molecule has 0 saturated heterocycles. The normalized spacial score (nSPS) is 10.8. The maximum atomic E-state index is 5.89. The minimum Gasteiger partial charge on any atom is -0.489 e. The topological polar surface area (TPSA) is 21.3 Å². The van der Waals surface area contributed by atoms with Crippen molar-refractivity contribution in [2.24, 2.45) is 0 Å². The Bertz CT molecular complexity index is 415. The molecular formula is C16H24BrNO. The fourth-order valence-electron chi connectivity index (χ4n) is 1.77. The molecule has 0 atom stereocenters. The molecule has 0 unspecified atom stereocenters. The molecule has 0 radical (unpaired) electrons. The number of nitrogens with one attached hydrogen (secondary N) is 1. The molecule has 0 heterocycles. The lowest BCUT2D eigenvalue weighted by Gasteiger charge is -2.15. The lowest BCUT2D eigenvalue weighted by atomic mass is 10.0. The smallest absolute Gasteiger partial charge is 0.123 e. The third-order valence-electron chi connectivity index (χ3n) is 2.83. The minimum atomic E-state index is 0.444. The van der Waals surface area contributed by atoms with E-state index in [4.69, 9.17) is 4.74 Å². The number of benzene rings is 1. The van der Waals surface area contributed by atoms with Gasteiger partial charge in [-0.25, -0.2) is 0 Å². The van der Waals surface area contributed by atoms with Crippen molar-refractivity contribution < 1.29 is 4.74 Å². The Kier molecular flexibility index (Phi) is 7.17. The highest BCUT2D eigenvalue weighted by atomic mass is 79.9. The average molecular weight is 326 g/mol. The lowest BCUT2D eigenvalue weighted by Crippen LogP contribution is -2.20. The van der Waals surface area contributed by atoms with E-state index in [1.807, 2.05) is 12.1 Å². The van der Waals surface area contributed by atoms with Gasteiger partial charge >= 0.3 is 0 Å². The largest absolute Gasteiger partial charge is 0.489 e. The van der Waals surface area contributed by atoms with E-state index in [-0.39, 0.29) is 0 Å². The molecule has 0 spiro atoms. The molecule has 1 N–H and O–H groups in total. The van der Waals surface area contributed by atoms with Gasteiger partial charge in [0.05, 0.1) is 0 Å². The summed E-state index contributed by atoms with van der Waals surface area (Å²) in [6.45, 7) is 12.9. The Balaban J connectivity index is 2.55. The first-order valence-corrected chi connectivity index (χ1v) is 7.63. The van der Waals surface area contributed by atoms with Gasteiger partial charge in [-0.2, -0.15) is 0 Å². The minimum absolute atomic E-state index is 0.444. The van der Waals surface area contributed by atoms with Crippen molar-refractivity contribution in [3.63, 3.8) is 0 Å². The summed E-state index contributed by atoms with van der Waals surface area (Å²) in [6.07, 6.45) is 1.14. The number of hydrogen-bond acceptors (Lipinski definition) is 2. The van der Waals surface area contributed by atoms with Crippen LogP contribution in [0.4, 0.5) is 0 Å². The van der Waals surface area contributed by atoms with Crippen LogP contribution in [-0.4, -0.2) is 19.7 Å². The number of halogens is 1. The molecule has 0 aliphatic carbocycles. The Hall–Kier alpha value is -0.800. The van der Waals surface area contributed by atoms with Gasteiger partial charge in [0.1, 0.15) is 12.4 Å². The van der Waals surface area contributed by atoms with Crippen LogP contribution in [0.25, 0.3) is 0 Å². The molecule has 1 aromatic rings. The van der Waals surface area contributed by atoms with Crippen LogP contribution in [-0.2, 0) is 0 Å². The van der Waals surface area contributed by atoms with Crippen LogP contribution in [0.5, 0.6) is 5.75 Å². The van der Waals surface area contributed by atoms with E-state index in [0.29, 0.717) is 12.5 Å². The van der Waals surface area contributed by atoms with Crippen LogP contribution in [0.2, 0.25) is 0 Å². The zero-order valence-corrected chi connectivity index (χ0v) is 13.7. The van der Waals surface area contributed by atoms with E-state index in [2.05, 4.69) is 54.7 Å². The van der Waals surface area contributed by atoms with Gasteiger partial charge in [0, 0.05) is 11.0 Å². The fourth-order valence-corrected chi connectivity index (χ4v) is 2.15. The van der Waals surface area contributed by atoms with E-state index in [1.54, 1.807) is 0 Å². The third kappa shape index (κ3) is 5.79. The van der Waals surface area contributed by atoms with Crippen LogP contribution in [0.1, 0.15) is 38.7 Å². The van der Waals surface area contributed by atoms with E-state index >= 15 is 0 Å². The summed E-state index contributed by atoms with van der Waals surface area (Å²) in [5, 5.41) is 3.33. The molecule has 3 heteroatoms. The molecule has 0 saturated carbocycles. The molecule has 19 heavy (non-hydrogen) atoms. The van der Waals surface area contributed by atoms with Crippen molar-refractivity contribution in [3.8, 4) is 5.75 Å². The number of ether oxygens (including phenoxy) is 1. The van der Waals surface area contributed by atoms with Crippen molar-refractivity contribution in [1.29, 1.82) is 0 Å². The van der Waals surface area contributed by atoms with Crippen molar-refractivity contribution in [2.45, 2.75) is 33.1 Å². The summed E-state index contributed by atoms with van der Waals surface area (Å²) in [6, 6.07) is 6.16. The second-order valence-electron chi connectivity index (χ2n) is 5.05. The van der Waals surface area contributed by atoms with Gasteiger partial charge in [-0.15, -0.1) is 0 Å². The van der Waals surface area contributed by atoms with Gasteiger partial charge < -0.3 is 10.1 Å². The average Bonchev–Trinajstić information content (AvgIpc) is 2.37. The molecule has 0 amide bonds. The zero-order valence-electron chi connectivity index (χ0n) is 12.1. The first kappa shape index (κ1) is 16.3. The molecule has 0 aliphatic heterocycles. The highest BCUT2D eigenvalue weighted by Crippen LogP contribution is 2.29. The molecule has 0 fully saturated rings. The van der Waals surface area contributed by atoms with Crippen molar-refractivity contribution in [1.82, 2.24) is 5.32 Å².